The van der Waals surface area contributed by atoms with Crippen molar-refractivity contribution in [1.29, 1.82) is 0 Å². The van der Waals surface area contributed by atoms with E-state index in [1.165, 1.54) is 0 Å². The molecule has 106 valence electrons. The number of amides is 1. The van der Waals surface area contributed by atoms with E-state index in [0.717, 1.165) is 19.5 Å². The molecule has 1 saturated heterocycles. The molecule has 2 rings (SSSR count). The third-order valence-electron chi connectivity index (χ3n) is 3.39. The number of nitrogens with two attached hydrogens (primary N) is 1. The Kier molecular flexibility index (Phi) is 5.10. The molecule has 20 heavy (non-hydrogen) atoms. The summed E-state index contributed by atoms with van der Waals surface area (Å²) in [5, 5.41) is 2.95. The van der Waals surface area contributed by atoms with Gasteiger partial charge in [-0.15, -0.1) is 0 Å². The standard InChI is InChI=1S/C15H20N4O/c1-19-9-6-12(11-19)10-18-15(20)14-13(4-2-7-16)5-3-8-17-14/h3,5,8,12H,6-7,9-11,16H2,1H3,(H,18,20). The van der Waals surface area contributed by atoms with Crippen molar-refractivity contribution in [2.75, 3.05) is 33.2 Å². The first-order chi connectivity index (χ1) is 9.70. The Morgan fingerprint density at radius 2 is 2.50 bits per heavy atom. The maximum absolute atomic E-state index is 12.2. The van der Waals surface area contributed by atoms with Crippen molar-refractivity contribution in [3.63, 3.8) is 0 Å². The van der Waals surface area contributed by atoms with Gasteiger partial charge < -0.3 is 16.0 Å². The van der Waals surface area contributed by atoms with Crippen molar-refractivity contribution in [2.24, 2.45) is 11.7 Å². The van der Waals surface area contributed by atoms with Gasteiger partial charge in [0.2, 0.25) is 0 Å². The van der Waals surface area contributed by atoms with E-state index in [4.69, 9.17) is 5.73 Å². The number of carbonyl (C=O) groups is 1. The molecule has 1 atom stereocenters. The number of carbonyl (C=O) groups excluding carboxylic acids is 1. The number of hydrogen-bond donors (Lipinski definition) is 2. The Morgan fingerprint density at radius 1 is 1.65 bits per heavy atom. The molecule has 1 amide bonds. The zero-order chi connectivity index (χ0) is 14.4. The molecule has 1 unspecified atom stereocenters. The molecule has 0 bridgehead atoms. The largest absolute Gasteiger partial charge is 0.350 e. The highest BCUT2D eigenvalue weighted by atomic mass is 16.1. The molecule has 0 aromatic carbocycles. The third-order valence-corrected chi connectivity index (χ3v) is 3.39. The molecule has 5 nitrogen and oxygen atoms in total. The number of aromatic nitrogens is 1. The Bertz CT molecular complexity index is 532. The summed E-state index contributed by atoms with van der Waals surface area (Å²) in [7, 11) is 2.10. The van der Waals surface area contributed by atoms with E-state index in [0.29, 0.717) is 23.7 Å². The van der Waals surface area contributed by atoms with Crippen LogP contribution in [0.2, 0.25) is 0 Å². The van der Waals surface area contributed by atoms with E-state index in [-0.39, 0.29) is 12.5 Å². The molecule has 1 aromatic rings. The summed E-state index contributed by atoms with van der Waals surface area (Å²) < 4.78 is 0. The molecule has 5 heteroatoms. The summed E-state index contributed by atoms with van der Waals surface area (Å²) in [6, 6.07) is 3.55. The van der Waals surface area contributed by atoms with Crippen LogP contribution in [-0.4, -0.2) is 49.0 Å². The molecule has 0 spiro atoms. The monoisotopic (exact) mass is 272 g/mol. The van der Waals surface area contributed by atoms with E-state index in [9.17, 15) is 4.79 Å². The first-order valence-corrected chi connectivity index (χ1v) is 6.81. The van der Waals surface area contributed by atoms with Crippen molar-refractivity contribution in [2.45, 2.75) is 6.42 Å². The molecular formula is C15H20N4O. The van der Waals surface area contributed by atoms with Crippen LogP contribution >= 0.6 is 0 Å². The van der Waals surface area contributed by atoms with Gasteiger partial charge in [-0.1, -0.05) is 11.8 Å². The first kappa shape index (κ1) is 14.5. The molecule has 0 radical (unpaired) electrons. The van der Waals surface area contributed by atoms with Crippen LogP contribution in [-0.2, 0) is 0 Å². The fraction of sp³-hybridized carbons (Fsp3) is 0.467. The fourth-order valence-corrected chi connectivity index (χ4v) is 2.35. The minimum Gasteiger partial charge on any atom is -0.350 e. The number of nitrogens with zero attached hydrogens (tertiary/aromatic N) is 2. The molecule has 3 N–H and O–H groups in total. The number of nitrogens with one attached hydrogen (secondary N) is 1. The van der Waals surface area contributed by atoms with Gasteiger partial charge in [-0.05, 0) is 38.1 Å². The van der Waals surface area contributed by atoms with Gasteiger partial charge in [-0.2, -0.15) is 0 Å². The molecule has 1 aliphatic rings. The average Bonchev–Trinajstić information content (AvgIpc) is 2.88. The molecule has 2 heterocycles. The lowest BCUT2D eigenvalue weighted by molar-refractivity contribution is 0.0942. The lowest BCUT2D eigenvalue weighted by Gasteiger charge is -2.11. The van der Waals surface area contributed by atoms with Gasteiger partial charge in [-0.3, -0.25) is 4.79 Å². The van der Waals surface area contributed by atoms with Gasteiger partial charge in [0.25, 0.3) is 5.91 Å². The minimum absolute atomic E-state index is 0.165. The van der Waals surface area contributed by atoms with Crippen LogP contribution in [0.25, 0.3) is 0 Å². The highest BCUT2D eigenvalue weighted by Crippen LogP contribution is 2.13. The lowest BCUT2D eigenvalue weighted by atomic mass is 10.1. The second kappa shape index (κ2) is 7.04. The van der Waals surface area contributed by atoms with E-state index >= 15 is 0 Å². The predicted molar refractivity (Wildman–Crippen MR) is 78.1 cm³/mol. The molecule has 0 saturated carbocycles. The summed E-state index contributed by atoms with van der Waals surface area (Å²) in [5.74, 6) is 5.99. The summed E-state index contributed by atoms with van der Waals surface area (Å²) in [4.78, 5) is 18.6. The number of hydrogen-bond acceptors (Lipinski definition) is 4. The van der Waals surface area contributed by atoms with Gasteiger partial charge in [0.15, 0.2) is 0 Å². The van der Waals surface area contributed by atoms with E-state index < -0.39 is 0 Å². The van der Waals surface area contributed by atoms with Gasteiger partial charge >= 0.3 is 0 Å². The van der Waals surface area contributed by atoms with Gasteiger partial charge in [0, 0.05) is 19.3 Å². The molecule has 0 aliphatic carbocycles. The van der Waals surface area contributed by atoms with Crippen LogP contribution < -0.4 is 11.1 Å². The van der Waals surface area contributed by atoms with E-state index in [2.05, 4.69) is 34.1 Å². The number of likely N-dealkylation sites (tertiary alicyclic amines) is 1. The Balaban J connectivity index is 1.98. The van der Waals surface area contributed by atoms with Gasteiger partial charge in [0.1, 0.15) is 5.69 Å². The first-order valence-electron chi connectivity index (χ1n) is 6.81. The summed E-state index contributed by atoms with van der Waals surface area (Å²) in [5.41, 5.74) is 6.36. The van der Waals surface area contributed by atoms with Gasteiger partial charge in [-0.25, -0.2) is 4.98 Å². The molecule has 1 aromatic heterocycles. The second-order valence-electron chi connectivity index (χ2n) is 5.03. The normalized spacial score (nSPS) is 18.4. The molecule has 1 fully saturated rings. The SMILES string of the molecule is CN1CCC(CNC(=O)c2ncccc2C#CCN)C1. The quantitative estimate of drug-likeness (QED) is 0.764. The van der Waals surface area contributed by atoms with Crippen molar-refractivity contribution >= 4 is 5.91 Å². The summed E-state index contributed by atoms with van der Waals surface area (Å²) >= 11 is 0. The number of pyridine rings is 1. The number of rotatable bonds is 3. The summed E-state index contributed by atoms with van der Waals surface area (Å²) in [6.45, 7) is 3.08. The van der Waals surface area contributed by atoms with Crippen LogP contribution in [0.4, 0.5) is 0 Å². The van der Waals surface area contributed by atoms with Crippen LogP contribution in [0.5, 0.6) is 0 Å². The predicted octanol–water partition coefficient (Wildman–Crippen LogP) is 0.0733. The summed E-state index contributed by atoms with van der Waals surface area (Å²) in [6.07, 6.45) is 2.73. The zero-order valence-corrected chi connectivity index (χ0v) is 11.7. The van der Waals surface area contributed by atoms with Crippen LogP contribution in [0, 0.1) is 17.8 Å². The fourth-order valence-electron chi connectivity index (χ4n) is 2.35. The topological polar surface area (TPSA) is 71.2 Å². The van der Waals surface area contributed by atoms with Crippen molar-refractivity contribution in [3.05, 3.63) is 29.6 Å². The average molecular weight is 272 g/mol. The highest BCUT2D eigenvalue weighted by molar-refractivity contribution is 5.94. The van der Waals surface area contributed by atoms with Crippen LogP contribution in [0.15, 0.2) is 18.3 Å². The van der Waals surface area contributed by atoms with Crippen molar-refractivity contribution in [3.8, 4) is 11.8 Å². The molecular weight excluding hydrogens is 252 g/mol. The highest BCUT2D eigenvalue weighted by Gasteiger charge is 2.20. The smallest absolute Gasteiger partial charge is 0.271 e. The maximum Gasteiger partial charge on any atom is 0.271 e. The van der Waals surface area contributed by atoms with Crippen molar-refractivity contribution < 1.29 is 4.79 Å². The van der Waals surface area contributed by atoms with Gasteiger partial charge in [0.05, 0.1) is 12.1 Å². The lowest BCUT2D eigenvalue weighted by Crippen LogP contribution is -2.31. The Morgan fingerprint density at radius 3 is 3.20 bits per heavy atom. The maximum atomic E-state index is 12.2. The van der Waals surface area contributed by atoms with Crippen LogP contribution in [0.1, 0.15) is 22.5 Å². The van der Waals surface area contributed by atoms with Crippen LogP contribution in [0.3, 0.4) is 0 Å². The Labute approximate surface area is 119 Å². The zero-order valence-electron chi connectivity index (χ0n) is 11.7. The Hall–Kier alpha value is -1.90. The minimum atomic E-state index is -0.165. The third kappa shape index (κ3) is 3.80. The van der Waals surface area contributed by atoms with E-state index in [1.54, 1.807) is 18.3 Å². The van der Waals surface area contributed by atoms with E-state index in [1.807, 2.05) is 0 Å². The second-order valence-corrected chi connectivity index (χ2v) is 5.03. The molecule has 1 aliphatic heterocycles. The van der Waals surface area contributed by atoms with Crippen molar-refractivity contribution in [1.82, 2.24) is 15.2 Å².